The molecule has 0 aromatic heterocycles. The highest BCUT2D eigenvalue weighted by Gasteiger charge is 1.96. The predicted molar refractivity (Wildman–Crippen MR) is 73.4 cm³/mol. The Bertz CT molecular complexity index is 105. The molecule has 0 aliphatic heterocycles. The molecule has 0 aliphatic carbocycles. The highest BCUT2D eigenvalue weighted by molar-refractivity contribution is 14.1. The van der Waals surface area contributed by atoms with Crippen molar-refractivity contribution in [3.63, 3.8) is 0 Å². The molecule has 0 amide bonds. The van der Waals surface area contributed by atoms with Crippen molar-refractivity contribution in [2.45, 2.75) is 33.1 Å². The van der Waals surface area contributed by atoms with Crippen LogP contribution in [0.25, 0.3) is 0 Å². The number of halogens is 1. The van der Waals surface area contributed by atoms with Gasteiger partial charge in [-0.25, -0.2) is 0 Å². The van der Waals surface area contributed by atoms with E-state index in [2.05, 4.69) is 46.7 Å². The summed E-state index contributed by atoms with van der Waals surface area (Å²) in [4.78, 5) is 2.46. The molecule has 0 rings (SSSR count). The van der Waals surface area contributed by atoms with Crippen LogP contribution in [0.3, 0.4) is 0 Å². The fraction of sp³-hybridized carbons (Fsp3) is 1.00. The van der Waals surface area contributed by atoms with Crippen molar-refractivity contribution in [1.29, 1.82) is 0 Å². The van der Waals surface area contributed by atoms with Crippen LogP contribution in [0.15, 0.2) is 0 Å². The minimum atomic E-state index is 1.14. The average Bonchev–Trinajstić information content (AvgIpc) is 2.22. The molecule has 0 atom stereocenters. The van der Waals surface area contributed by atoms with Gasteiger partial charge in [0, 0.05) is 13.1 Å². The van der Waals surface area contributed by atoms with Crippen LogP contribution in [0.1, 0.15) is 33.1 Å². The lowest BCUT2D eigenvalue weighted by Crippen LogP contribution is -2.32. The largest absolute Gasteiger partial charge is 0.315 e. The summed E-state index contributed by atoms with van der Waals surface area (Å²) >= 11 is 2.45. The molecule has 14 heavy (non-hydrogen) atoms. The van der Waals surface area contributed by atoms with Gasteiger partial charge in [-0.1, -0.05) is 42.9 Å². The summed E-state index contributed by atoms with van der Waals surface area (Å²) in [5, 5.41) is 3.50. The minimum Gasteiger partial charge on any atom is -0.315 e. The standard InChI is InChI=1S/C11H25IN2/c1-3-14(4-2)11-10-13-9-7-5-6-8-12/h13H,3-11H2,1-2H3. The van der Waals surface area contributed by atoms with E-state index in [4.69, 9.17) is 0 Å². The molecule has 0 saturated heterocycles. The Morgan fingerprint density at radius 3 is 2.29 bits per heavy atom. The molecule has 0 spiro atoms. The molecule has 0 saturated carbocycles. The van der Waals surface area contributed by atoms with Crippen molar-refractivity contribution in [1.82, 2.24) is 10.2 Å². The van der Waals surface area contributed by atoms with E-state index in [1.165, 1.54) is 49.9 Å². The van der Waals surface area contributed by atoms with E-state index in [0.717, 1.165) is 6.54 Å². The highest BCUT2D eigenvalue weighted by Crippen LogP contribution is 1.97. The van der Waals surface area contributed by atoms with E-state index >= 15 is 0 Å². The van der Waals surface area contributed by atoms with Crippen molar-refractivity contribution in [3.8, 4) is 0 Å². The topological polar surface area (TPSA) is 15.3 Å². The first-order valence-corrected chi connectivity index (χ1v) is 7.36. The fourth-order valence-corrected chi connectivity index (χ4v) is 1.96. The van der Waals surface area contributed by atoms with Crippen LogP contribution < -0.4 is 5.32 Å². The molecule has 0 bridgehead atoms. The van der Waals surface area contributed by atoms with Gasteiger partial charge in [-0.2, -0.15) is 0 Å². The van der Waals surface area contributed by atoms with Crippen LogP contribution in [-0.4, -0.2) is 42.1 Å². The van der Waals surface area contributed by atoms with Gasteiger partial charge in [-0.05, 0) is 36.9 Å². The second-order valence-corrected chi connectivity index (χ2v) is 4.61. The second kappa shape index (κ2) is 11.7. The van der Waals surface area contributed by atoms with Gasteiger partial charge < -0.3 is 10.2 Å². The summed E-state index contributed by atoms with van der Waals surface area (Å²) in [6.07, 6.45) is 4.08. The maximum Gasteiger partial charge on any atom is 0.0107 e. The molecule has 0 aromatic carbocycles. The van der Waals surface area contributed by atoms with Crippen molar-refractivity contribution in [2.24, 2.45) is 0 Å². The minimum absolute atomic E-state index is 1.14. The predicted octanol–water partition coefficient (Wildman–Crippen LogP) is 2.52. The molecule has 0 aromatic rings. The lowest BCUT2D eigenvalue weighted by molar-refractivity contribution is 0.302. The SMILES string of the molecule is CCN(CC)CCNCCCCCI. The maximum atomic E-state index is 3.50. The van der Waals surface area contributed by atoms with Crippen LogP contribution in [-0.2, 0) is 0 Å². The first-order valence-electron chi connectivity index (χ1n) is 5.84. The Morgan fingerprint density at radius 1 is 1.00 bits per heavy atom. The zero-order chi connectivity index (χ0) is 10.6. The van der Waals surface area contributed by atoms with E-state index in [1.54, 1.807) is 0 Å². The van der Waals surface area contributed by atoms with Crippen molar-refractivity contribution in [3.05, 3.63) is 0 Å². The molecule has 0 aliphatic rings. The molecule has 86 valence electrons. The summed E-state index contributed by atoms with van der Waals surface area (Å²) in [6.45, 7) is 10.3. The lowest BCUT2D eigenvalue weighted by Gasteiger charge is -2.17. The Morgan fingerprint density at radius 2 is 1.71 bits per heavy atom. The molecule has 0 unspecified atom stereocenters. The zero-order valence-electron chi connectivity index (χ0n) is 9.69. The van der Waals surface area contributed by atoms with Gasteiger partial charge in [0.15, 0.2) is 0 Å². The van der Waals surface area contributed by atoms with Gasteiger partial charge in [0.1, 0.15) is 0 Å². The number of rotatable bonds is 10. The van der Waals surface area contributed by atoms with Crippen molar-refractivity contribution in [2.75, 3.05) is 37.2 Å². The van der Waals surface area contributed by atoms with E-state index in [1.807, 2.05) is 0 Å². The Balaban J connectivity index is 3.04. The van der Waals surface area contributed by atoms with Crippen LogP contribution in [0.2, 0.25) is 0 Å². The molecular weight excluding hydrogens is 287 g/mol. The number of hydrogen-bond acceptors (Lipinski definition) is 2. The summed E-state index contributed by atoms with van der Waals surface area (Å²) in [5.74, 6) is 0. The van der Waals surface area contributed by atoms with Crippen molar-refractivity contribution < 1.29 is 0 Å². The fourth-order valence-electron chi connectivity index (χ4n) is 1.42. The molecule has 0 fully saturated rings. The maximum absolute atomic E-state index is 3.50. The van der Waals surface area contributed by atoms with Gasteiger partial charge in [-0.3, -0.25) is 0 Å². The quantitative estimate of drug-likeness (QED) is 0.379. The molecular formula is C11H25IN2. The Labute approximate surface area is 103 Å². The number of alkyl halides is 1. The monoisotopic (exact) mass is 312 g/mol. The molecule has 3 heteroatoms. The third kappa shape index (κ3) is 9.21. The normalized spacial score (nSPS) is 11.1. The lowest BCUT2D eigenvalue weighted by atomic mass is 10.2. The summed E-state index contributed by atoms with van der Waals surface area (Å²) < 4.78 is 1.30. The van der Waals surface area contributed by atoms with Gasteiger partial charge in [-0.15, -0.1) is 0 Å². The van der Waals surface area contributed by atoms with Crippen LogP contribution >= 0.6 is 22.6 Å². The number of hydrogen-bond donors (Lipinski definition) is 1. The Hall–Kier alpha value is 0.650. The first kappa shape index (κ1) is 14.6. The van der Waals surface area contributed by atoms with Gasteiger partial charge in [0.2, 0.25) is 0 Å². The van der Waals surface area contributed by atoms with Crippen LogP contribution in [0, 0.1) is 0 Å². The average molecular weight is 312 g/mol. The van der Waals surface area contributed by atoms with E-state index in [0.29, 0.717) is 0 Å². The number of nitrogens with one attached hydrogen (secondary N) is 1. The van der Waals surface area contributed by atoms with Gasteiger partial charge >= 0.3 is 0 Å². The smallest absolute Gasteiger partial charge is 0.0107 e. The number of unbranched alkanes of at least 4 members (excludes halogenated alkanes) is 2. The molecule has 2 nitrogen and oxygen atoms in total. The number of likely N-dealkylation sites (N-methyl/N-ethyl adjacent to an activating group) is 1. The summed E-state index contributed by atoms with van der Waals surface area (Å²) in [6, 6.07) is 0. The first-order chi connectivity index (χ1) is 6.85. The van der Waals surface area contributed by atoms with Crippen LogP contribution in [0.5, 0.6) is 0 Å². The summed E-state index contributed by atoms with van der Waals surface area (Å²) in [7, 11) is 0. The molecule has 0 radical (unpaired) electrons. The third-order valence-electron chi connectivity index (χ3n) is 2.49. The zero-order valence-corrected chi connectivity index (χ0v) is 11.8. The van der Waals surface area contributed by atoms with E-state index < -0.39 is 0 Å². The van der Waals surface area contributed by atoms with E-state index in [9.17, 15) is 0 Å². The second-order valence-electron chi connectivity index (χ2n) is 3.53. The van der Waals surface area contributed by atoms with Crippen LogP contribution in [0.4, 0.5) is 0 Å². The Kier molecular flexibility index (Phi) is 12.3. The molecule has 0 heterocycles. The van der Waals surface area contributed by atoms with Gasteiger partial charge in [0.25, 0.3) is 0 Å². The van der Waals surface area contributed by atoms with Gasteiger partial charge in [0.05, 0.1) is 0 Å². The highest BCUT2D eigenvalue weighted by atomic mass is 127. The van der Waals surface area contributed by atoms with Crippen molar-refractivity contribution >= 4 is 22.6 Å². The summed E-state index contributed by atoms with van der Waals surface area (Å²) in [5.41, 5.74) is 0. The van der Waals surface area contributed by atoms with E-state index in [-0.39, 0.29) is 0 Å². The number of nitrogens with zero attached hydrogens (tertiary/aromatic N) is 1. The third-order valence-corrected chi connectivity index (χ3v) is 3.25. The molecule has 1 N–H and O–H groups in total.